The van der Waals surface area contributed by atoms with E-state index in [1.54, 1.807) is 0 Å². The topological polar surface area (TPSA) is 96.3 Å². The number of amides is 1. The van der Waals surface area contributed by atoms with Crippen molar-refractivity contribution in [2.45, 2.75) is 0 Å². The third-order valence-electron chi connectivity index (χ3n) is 1.50. The second-order valence-corrected chi connectivity index (χ2v) is 4.95. The van der Waals surface area contributed by atoms with E-state index in [0.717, 1.165) is 12.1 Å². The Morgan fingerprint density at radius 1 is 1.53 bits per heavy atom. The van der Waals surface area contributed by atoms with Gasteiger partial charge < -0.3 is 4.74 Å². The Morgan fingerprint density at radius 2 is 2.18 bits per heavy atom. The van der Waals surface area contributed by atoms with Crippen LogP contribution in [0, 0.1) is 17.1 Å². The van der Waals surface area contributed by atoms with Gasteiger partial charge in [-0.2, -0.15) is 13.7 Å². The fraction of sp³-hybridized carbons (Fsp3) is 0. The molecule has 1 rings (SSSR count). The van der Waals surface area contributed by atoms with E-state index in [4.69, 9.17) is 15.9 Å². The molecule has 0 unspecified atom stereocenters. The summed E-state index contributed by atoms with van der Waals surface area (Å²) in [6, 6.07) is 4.77. The number of nitriles is 1. The Bertz CT molecular complexity index is 596. The van der Waals surface area contributed by atoms with Crippen LogP contribution in [0.4, 0.5) is 9.18 Å². The molecule has 90 valence electrons. The van der Waals surface area contributed by atoms with Crippen molar-refractivity contribution in [3.05, 3.63) is 29.6 Å². The van der Waals surface area contributed by atoms with Crippen LogP contribution in [0.5, 0.6) is 5.75 Å². The molecular weight excluding hydrogens is 275 g/mol. The quantitative estimate of drug-likeness (QED) is 0.822. The molecule has 1 amide bonds. The molecule has 17 heavy (non-hydrogen) atoms. The molecule has 1 aromatic rings. The molecule has 0 atom stereocenters. The molecule has 0 aliphatic heterocycles. The van der Waals surface area contributed by atoms with Gasteiger partial charge in [0, 0.05) is 10.7 Å². The molecular formula is C8H4ClFN2O4S. The van der Waals surface area contributed by atoms with E-state index >= 15 is 0 Å². The normalized spacial score (nSPS) is 10.4. The number of rotatable bonds is 2. The van der Waals surface area contributed by atoms with Gasteiger partial charge in [-0.3, -0.25) is 0 Å². The van der Waals surface area contributed by atoms with Crippen LogP contribution in [0.2, 0.25) is 0 Å². The van der Waals surface area contributed by atoms with Crippen molar-refractivity contribution in [1.82, 2.24) is 4.72 Å². The van der Waals surface area contributed by atoms with Gasteiger partial charge in [-0.15, -0.1) is 0 Å². The van der Waals surface area contributed by atoms with Crippen molar-refractivity contribution >= 4 is 26.0 Å². The third-order valence-corrected chi connectivity index (χ3v) is 2.14. The van der Waals surface area contributed by atoms with Crippen LogP contribution in [0.15, 0.2) is 18.2 Å². The number of hydrogen-bond acceptors (Lipinski definition) is 5. The Kier molecular flexibility index (Phi) is 3.88. The van der Waals surface area contributed by atoms with Crippen LogP contribution in [-0.2, 0) is 9.24 Å². The van der Waals surface area contributed by atoms with Crippen LogP contribution >= 0.6 is 10.7 Å². The molecule has 0 saturated carbocycles. The molecule has 0 heterocycles. The van der Waals surface area contributed by atoms with Crippen molar-refractivity contribution in [3.63, 3.8) is 0 Å². The van der Waals surface area contributed by atoms with Crippen LogP contribution in [-0.4, -0.2) is 14.5 Å². The first-order valence-corrected chi connectivity index (χ1v) is 6.27. The zero-order chi connectivity index (χ0) is 13.1. The van der Waals surface area contributed by atoms with Gasteiger partial charge in [0.1, 0.15) is 17.4 Å². The largest absolute Gasteiger partial charge is 0.427 e. The van der Waals surface area contributed by atoms with E-state index < -0.39 is 32.5 Å². The maximum atomic E-state index is 13.1. The van der Waals surface area contributed by atoms with Gasteiger partial charge in [-0.05, 0) is 12.1 Å². The molecule has 0 fully saturated rings. The summed E-state index contributed by atoms with van der Waals surface area (Å²) in [5.74, 6) is -1.31. The SMILES string of the molecule is N#Cc1c(F)cccc1OC(=O)NS(=O)(=O)Cl. The third kappa shape index (κ3) is 3.90. The maximum absolute atomic E-state index is 13.1. The molecule has 0 spiro atoms. The lowest BCUT2D eigenvalue weighted by Gasteiger charge is -2.05. The van der Waals surface area contributed by atoms with Crippen molar-refractivity contribution in [2.75, 3.05) is 0 Å². The summed E-state index contributed by atoms with van der Waals surface area (Å²) in [7, 11) is 0.418. The molecule has 0 radical (unpaired) electrons. The second kappa shape index (κ2) is 4.99. The van der Waals surface area contributed by atoms with Crippen LogP contribution in [0.3, 0.4) is 0 Å². The van der Waals surface area contributed by atoms with Gasteiger partial charge in [0.05, 0.1) is 0 Å². The number of carbonyl (C=O) groups is 1. The van der Waals surface area contributed by atoms with Crippen LogP contribution < -0.4 is 9.46 Å². The molecule has 1 N–H and O–H groups in total. The minimum atomic E-state index is -4.30. The summed E-state index contributed by atoms with van der Waals surface area (Å²) >= 11 is 0. The lowest BCUT2D eigenvalue weighted by atomic mass is 10.2. The summed E-state index contributed by atoms with van der Waals surface area (Å²) in [6.45, 7) is 0. The second-order valence-electron chi connectivity index (χ2n) is 2.65. The summed E-state index contributed by atoms with van der Waals surface area (Å²) in [6.07, 6.45) is -1.44. The predicted molar refractivity (Wildman–Crippen MR) is 55.0 cm³/mol. The van der Waals surface area contributed by atoms with Gasteiger partial charge in [0.15, 0.2) is 5.75 Å². The van der Waals surface area contributed by atoms with Crippen LogP contribution in [0.1, 0.15) is 5.56 Å². The molecule has 0 bridgehead atoms. The van der Waals surface area contributed by atoms with E-state index in [9.17, 15) is 17.6 Å². The van der Waals surface area contributed by atoms with Crippen molar-refractivity contribution in [2.24, 2.45) is 0 Å². The fourth-order valence-electron chi connectivity index (χ4n) is 0.918. The lowest BCUT2D eigenvalue weighted by molar-refractivity contribution is 0.206. The summed E-state index contributed by atoms with van der Waals surface area (Å²) in [5.41, 5.74) is -0.519. The highest BCUT2D eigenvalue weighted by Crippen LogP contribution is 2.20. The maximum Gasteiger partial charge on any atom is 0.427 e. The van der Waals surface area contributed by atoms with Gasteiger partial charge >= 0.3 is 15.3 Å². The van der Waals surface area contributed by atoms with Crippen molar-refractivity contribution < 1.29 is 22.3 Å². The van der Waals surface area contributed by atoms with E-state index in [0.29, 0.717) is 0 Å². The number of hydrogen-bond donors (Lipinski definition) is 1. The standard InChI is InChI=1S/C8H4ClFN2O4S/c9-17(14,15)12-8(13)16-7-3-1-2-6(10)5(7)4-11/h1-3H,(H,12,13). The first kappa shape index (κ1) is 13.2. The first-order chi connectivity index (χ1) is 7.83. The van der Waals surface area contributed by atoms with Crippen molar-refractivity contribution in [1.29, 1.82) is 5.26 Å². The molecule has 0 saturated heterocycles. The number of carbonyl (C=O) groups excluding carboxylic acids is 1. The highest BCUT2D eigenvalue weighted by atomic mass is 35.7. The molecule has 0 aliphatic carbocycles. The average molecular weight is 279 g/mol. The van der Waals surface area contributed by atoms with Crippen molar-refractivity contribution in [3.8, 4) is 11.8 Å². The zero-order valence-corrected chi connectivity index (χ0v) is 9.55. The monoisotopic (exact) mass is 278 g/mol. The molecule has 0 aliphatic rings. The summed E-state index contributed by atoms with van der Waals surface area (Å²) < 4.78 is 39.7. The average Bonchev–Trinajstić information content (AvgIpc) is 2.14. The lowest BCUT2D eigenvalue weighted by Crippen LogP contribution is -2.29. The van der Waals surface area contributed by atoms with Gasteiger partial charge in [-0.1, -0.05) is 6.07 Å². The number of nitrogens with one attached hydrogen (secondary N) is 1. The van der Waals surface area contributed by atoms with Gasteiger partial charge in [0.2, 0.25) is 0 Å². The smallest absolute Gasteiger partial charge is 0.408 e. The highest BCUT2D eigenvalue weighted by Gasteiger charge is 2.16. The number of benzene rings is 1. The Hall–Kier alpha value is -1.85. The Balaban J connectivity index is 2.94. The minimum Gasteiger partial charge on any atom is -0.408 e. The van der Waals surface area contributed by atoms with Gasteiger partial charge in [0.25, 0.3) is 0 Å². The van der Waals surface area contributed by atoms with E-state index in [1.807, 2.05) is 0 Å². The number of halogens is 2. The van der Waals surface area contributed by atoms with Crippen LogP contribution in [0.25, 0.3) is 0 Å². The Morgan fingerprint density at radius 3 is 2.71 bits per heavy atom. The zero-order valence-electron chi connectivity index (χ0n) is 7.98. The number of ether oxygens (including phenoxy) is 1. The molecule has 9 heteroatoms. The Labute approximate surface area is 100 Å². The molecule has 0 aromatic heterocycles. The minimum absolute atomic E-state index is 0.412. The molecule has 6 nitrogen and oxygen atoms in total. The van der Waals surface area contributed by atoms with E-state index in [-0.39, 0.29) is 0 Å². The summed E-state index contributed by atoms with van der Waals surface area (Å²) in [5, 5.41) is 8.60. The molecule has 1 aromatic carbocycles. The van der Waals surface area contributed by atoms with E-state index in [1.165, 1.54) is 16.9 Å². The summed E-state index contributed by atoms with van der Waals surface area (Å²) in [4.78, 5) is 11.0. The number of nitrogens with zero attached hydrogens (tertiary/aromatic N) is 1. The van der Waals surface area contributed by atoms with Gasteiger partial charge in [-0.25, -0.2) is 13.9 Å². The first-order valence-electron chi connectivity index (χ1n) is 3.96. The predicted octanol–water partition coefficient (Wildman–Crippen LogP) is 1.27. The highest BCUT2D eigenvalue weighted by molar-refractivity contribution is 8.12. The van der Waals surface area contributed by atoms with E-state index in [2.05, 4.69) is 4.74 Å². The fourth-order valence-corrected chi connectivity index (χ4v) is 1.35.